The summed E-state index contributed by atoms with van der Waals surface area (Å²) in [7, 11) is 0. The summed E-state index contributed by atoms with van der Waals surface area (Å²) in [4.78, 5) is 11.2. The molecule has 0 saturated carbocycles. The zero-order valence-corrected chi connectivity index (χ0v) is 8.80. The molecule has 0 aliphatic heterocycles. The third-order valence-corrected chi connectivity index (χ3v) is 2.10. The number of allylic oxidation sites excluding steroid dienone is 2. The lowest BCUT2D eigenvalue weighted by Crippen LogP contribution is -1.99. The Balaban J connectivity index is 3.21. The smallest absolute Gasteiger partial charge is 0.163 e. The standard InChI is InChI=1S/C11H11ClO2/c1-7(13)11(8(2)14)9-3-5-10(12)6-4-9/h3-6,13H,1-2H3/b11-7+. The Hall–Kier alpha value is -1.28. The van der Waals surface area contributed by atoms with Gasteiger partial charge in [0.15, 0.2) is 5.78 Å². The van der Waals surface area contributed by atoms with Crippen molar-refractivity contribution < 1.29 is 9.90 Å². The number of Topliss-reactive ketones (excluding diaryl/α,β-unsaturated/α-hetero) is 1. The number of halogens is 1. The van der Waals surface area contributed by atoms with E-state index in [0.717, 1.165) is 0 Å². The van der Waals surface area contributed by atoms with Gasteiger partial charge in [-0.05, 0) is 31.5 Å². The van der Waals surface area contributed by atoms with Gasteiger partial charge in [0.25, 0.3) is 0 Å². The summed E-state index contributed by atoms with van der Waals surface area (Å²) in [6.45, 7) is 2.91. The molecule has 1 aromatic rings. The van der Waals surface area contributed by atoms with Crippen molar-refractivity contribution in [2.45, 2.75) is 13.8 Å². The first-order chi connectivity index (χ1) is 6.52. The molecular weight excluding hydrogens is 200 g/mol. The van der Waals surface area contributed by atoms with E-state index in [1.807, 2.05) is 0 Å². The molecule has 1 N–H and O–H groups in total. The van der Waals surface area contributed by atoms with Crippen molar-refractivity contribution in [2.24, 2.45) is 0 Å². The molecule has 0 bridgehead atoms. The molecule has 0 fully saturated rings. The van der Waals surface area contributed by atoms with E-state index in [1.165, 1.54) is 13.8 Å². The molecule has 0 heterocycles. The van der Waals surface area contributed by atoms with Crippen LogP contribution in [0.2, 0.25) is 5.02 Å². The van der Waals surface area contributed by atoms with E-state index in [4.69, 9.17) is 11.6 Å². The first kappa shape index (κ1) is 10.8. The molecule has 3 heteroatoms. The van der Waals surface area contributed by atoms with Gasteiger partial charge in [0.2, 0.25) is 0 Å². The first-order valence-corrected chi connectivity index (χ1v) is 4.57. The zero-order chi connectivity index (χ0) is 10.7. The van der Waals surface area contributed by atoms with Crippen LogP contribution in [0.1, 0.15) is 19.4 Å². The number of hydrogen-bond donors (Lipinski definition) is 1. The van der Waals surface area contributed by atoms with Crippen LogP contribution in [0.5, 0.6) is 0 Å². The predicted octanol–water partition coefficient (Wildman–Crippen LogP) is 3.22. The van der Waals surface area contributed by atoms with Gasteiger partial charge in [0.05, 0.1) is 5.57 Å². The number of ketones is 1. The van der Waals surface area contributed by atoms with Gasteiger partial charge in [-0.3, -0.25) is 4.79 Å². The van der Waals surface area contributed by atoms with Crippen molar-refractivity contribution in [1.82, 2.24) is 0 Å². The maximum Gasteiger partial charge on any atom is 0.163 e. The number of benzene rings is 1. The van der Waals surface area contributed by atoms with Gasteiger partial charge in [-0.2, -0.15) is 0 Å². The van der Waals surface area contributed by atoms with E-state index in [-0.39, 0.29) is 11.5 Å². The molecule has 0 radical (unpaired) electrons. The number of carbonyl (C=O) groups excluding carboxylic acids is 1. The van der Waals surface area contributed by atoms with Crippen LogP contribution in [0.4, 0.5) is 0 Å². The lowest BCUT2D eigenvalue weighted by Gasteiger charge is -2.04. The summed E-state index contributed by atoms with van der Waals surface area (Å²) in [6, 6.07) is 6.78. The summed E-state index contributed by atoms with van der Waals surface area (Å²) in [5.41, 5.74) is 1.02. The normalized spacial score (nSPS) is 12.2. The van der Waals surface area contributed by atoms with Gasteiger partial charge in [0.1, 0.15) is 5.76 Å². The molecule has 74 valence electrons. The highest BCUT2D eigenvalue weighted by molar-refractivity contribution is 6.30. The molecule has 0 aliphatic rings. The summed E-state index contributed by atoms with van der Waals surface area (Å²) >= 11 is 5.71. The minimum atomic E-state index is -0.160. The van der Waals surface area contributed by atoms with Crippen LogP contribution in [0.3, 0.4) is 0 Å². The van der Waals surface area contributed by atoms with Crippen molar-refractivity contribution in [3.63, 3.8) is 0 Å². The number of hydrogen-bond acceptors (Lipinski definition) is 2. The maximum atomic E-state index is 11.2. The SMILES string of the molecule is CC(=O)/C(=C(/C)O)c1ccc(Cl)cc1. The fourth-order valence-electron chi connectivity index (χ4n) is 1.28. The van der Waals surface area contributed by atoms with E-state index in [1.54, 1.807) is 24.3 Å². The summed E-state index contributed by atoms with van der Waals surface area (Å²) in [5.74, 6) is -0.132. The molecule has 0 aliphatic carbocycles. The molecular formula is C11H11ClO2. The topological polar surface area (TPSA) is 37.3 Å². The molecule has 2 nitrogen and oxygen atoms in total. The highest BCUT2D eigenvalue weighted by Crippen LogP contribution is 2.20. The molecule has 0 amide bonds. The van der Waals surface area contributed by atoms with E-state index < -0.39 is 0 Å². The summed E-state index contributed by atoms with van der Waals surface area (Å²) < 4.78 is 0. The lowest BCUT2D eigenvalue weighted by molar-refractivity contribution is -0.111. The van der Waals surface area contributed by atoms with Gasteiger partial charge in [-0.1, -0.05) is 23.7 Å². The van der Waals surface area contributed by atoms with Crippen LogP contribution in [0.25, 0.3) is 5.57 Å². The fourth-order valence-corrected chi connectivity index (χ4v) is 1.41. The van der Waals surface area contributed by atoms with Gasteiger partial charge < -0.3 is 5.11 Å². The van der Waals surface area contributed by atoms with Crippen LogP contribution in [-0.4, -0.2) is 10.9 Å². The maximum absolute atomic E-state index is 11.2. The van der Waals surface area contributed by atoms with E-state index in [9.17, 15) is 9.90 Å². The number of rotatable bonds is 2. The van der Waals surface area contributed by atoms with Crippen molar-refractivity contribution in [3.05, 3.63) is 40.6 Å². The number of carbonyl (C=O) groups is 1. The molecule has 0 unspecified atom stereocenters. The minimum absolute atomic E-state index is 0.0276. The lowest BCUT2D eigenvalue weighted by atomic mass is 10.0. The van der Waals surface area contributed by atoms with Gasteiger partial charge in [0, 0.05) is 5.02 Å². The van der Waals surface area contributed by atoms with E-state index >= 15 is 0 Å². The number of aliphatic hydroxyl groups excluding tert-OH is 1. The fraction of sp³-hybridized carbons (Fsp3) is 0.182. The highest BCUT2D eigenvalue weighted by atomic mass is 35.5. The molecule has 0 saturated heterocycles. The molecule has 1 aromatic carbocycles. The van der Waals surface area contributed by atoms with Crippen LogP contribution >= 0.6 is 11.6 Å². The second kappa shape index (κ2) is 4.29. The highest BCUT2D eigenvalue weighted by Gasteiger charge is 2.10. The van der Waals surface area contributed by atoms with Crippen molar-refractivity contribution in [1.29, 1.82) is 0 Å². The van der Waals surface area contributed by atoms with Crippen LogP contribution < -0.4 is 0 Å². The van der Waals surface area contributed by atoms with Gasteiger partial charge in [-0.15, -0.1) is 0 Å². The molecule has 0 spiro atoms. The Labute approximate surface area is 87.8 Å². The molecule has 0 atom stereocenters. The Morgan fingerprint density at radius 1 is 1.21 bits per heavy atom. The van der Waals surface area contributed by atoms with Gasteiger partial charge in [-0.25, -0.2) is 0 Å². The average Bonchev–Trinajstić information content (AvgIpc) is 2.07. The van der Waals surface area contributed by atoms with Crippen molar-refractivity contribution in [3.8, 4) is 0 Å². The monoisotopic (exact) mass is 210 g/mol. The summed E-state index contributed by atoms with van der Waals surface area (Å²) in [6.07, 6.45) is 0. The molecule has 14 heavy (non-hydrogen) atoms. The largest absolute Gasteiger partial charge is 0.512 e. The van der Waals surface area contributed by atoms with E-state index in [0.29, 0.717) is 16.2 Å². The van der Waals surface area contributed by atoms with Crippen molar-refractivity contribution >= 4 is 23.0 Å². The first-order valence-electron chi connectivity index (χ1n) is 4.19. The third kappa shape index (κ3) is 2.36. The molecule has 1 rings (SSSR count). The third-order valence-electron chi connectivity index (χ3n) is 1.85. The Morgan fingerprint density at radius 2 is 1.71 bits per heavy atom. The van der Waals surface area contributed by atoms with E-state index in [2.05, 4.69) is 0 Å². The van der Waals surface area contributed by atoms with Crippen molar-refractivity contribution in [2.75, 3.05) is 0 Å². The van der Waals surface area contributed by atoms with Crippen LogP contribution in [0.15, 0.2) is 30.0 Å². The predicted molar refractivity (Wildman–Crippen MR) is 57.4 cm³/mol. The zero-order valence-electron chi connectivity index (χ0n) is 8.04. The quantitative estimate of drug-likeness (QED) is 0.601. The number of aliphatic hydroxyl groups is 1. The second-order valence-corrected chi connectivity index (χ2v) is 3.46. The van der Waals surface area contributed by atoms with Gasteiger partial charge >= 0.3 is 0 Å². The molecule has 0 aromatic heterocycles. The Morgan fingerprint density at radius 3 is 2.07 bits per heavy atom. The minimum Gasteiger partial charge on any atom is -0.512 e. The summed E-state index contributed by atoms with van der Waals surface area (Å²) in [5, 5.41) is 9.94. The average molecular weight is 211 g/mol. The Bertz CT molecular complexity index is 373. The van der Waals surface area contributed by atoms with Crippen LogP contribution in [0, 0.1) is 0 Å². The Kier molecular flexibility index (Phi) is 3.31. The second-order valence-electron chi connectivity index (χ2n) is 3.02. The van der Waals surface area contributed by atoms with Crippen LogP contribution in [-0.2, 0) is 4.79 Å².